The van der Waals surface area contributed by atoms with Crippen molar-refractivity contribution in [2.24, 2.45) is 0 Å². The highest BCUT2D eigenvalue weighted by Gasteiger charge is 2.29. The number of carbonyl (C=O) groups is 1. The fraction of sp³-hybridized carbons (Fsp3) is 0.267. The molecule has 0 amide bonds. The van der Waals surface area contributed by atoms with Crippen LogP contribution in [0.25, 0.3) is 0 Å². The maximum absolute atomic E-state index is 11.4. The molecule has 1 N–H and O–H groups in total. The number of halogens is 1. The van der Waals surface area contributed by atoms with Gasteiger partial charge in [0.2, 0.25) is 0 Å². The number of benzene rings is 1. The minimum absolute atomic E-state index is 0.142. The Kier molecular flexibility index (Phi) is 3.44. The number of para-hydroxylation sites is 1. The summed E-state index contributed by atoms with van der Waals surface area (Å²) in [6.45, 7) is 2.89. The summed E-state index contributed by atoms with van der Waals surface area (Å²) in [5.74, 6) is -0.939. The number of hydrogen-bond acceptors (Lipinski definition) is 3. The Morgan fingerprint density at radius 3 is 3.00 bits per heavy atom. The molecule has 5 heteroatoms. The lowest BCUT2D eigenvalue weighted by Gasteiger charge is -2.36. The summed E-state index contributed by atoms with van der Waals surface area (Å²) in [5, 5.41) is 12.0. The minimum Gasteiger partial charge on any atom is -0.478 e. The zero-order chi connectivity index (χ0) is 14.3. The highest BCUT2D eigenvalue weighted by atomic mass is 35.5. The number of hydrogen-bond donors (Lipinski definition) is 1. The van der Waals surface area contributed by atoms with Gasteiger partial charge in [0.25, 0.3) is 0 Å². The standard InChI is InChI=1S/C15H14ClNO2S/c1-9-10-6-8-20-13(10)5-7-17(9)14-11(15(18)19)3-2-4-12(14)16/h2-4,6,8-9H,5,7H2,1H3,(H,18,19). The Morgan fingerprint density at radius 1 is 1.45 bits per heavy atom. The van der Waals surface area contributed by atoms with Crippen LogP contribution in [0.4, 0.5) is 5.69 Å². The zero-order valence-corrected chi connectivity index (χ0v) is 12.5. The lowest BCUT2D eigenvalue weighted by Crippen LogP contribution is -2.34. The van der Waals surface area contributed by atoms with E-state index in [0.717, 1.165) is 13.0 Å². The van der Waals surface area contributed by atoms with Crippen LogP contribution in [0.15, 0.2) is 29.6 Å². The minimum atomic E-state index is -0.939. The quantitative estimate of drug-likeness (QED) is 0.903. The van der Waals surface area contributed by atoms with Crippen molar-refractivity contribution in [1.29, 1.82) is 0 Å². The Morgan fingerprint density at radius 2 is 2.25 bits per heavy atom. The molecule has 1 aromatic heterocycles. The van der Waals surface area contributed by atoms with Gasteiger partial charge in [0.1, 0.15) is 0 Å². The summed E-state index contributed by atoms with van der Waals surface area (Å²) < 4.78 is 0. The van der Waals surface area contributed by atoms with Crippen molar-refractivity contribution < 1.29 is 9.90 Å². The number of fused-ring (bicyclic) bond motifs is 1. The SMILES string of the molecule is CC1c2ccsc2CCN1c1c(Cl)cccc1C(=O)O. The van der Waals surface area contributed by atoms with E-state index in [-0.39, 0.29) is 11.6 Å². The summed E-state index contributed by atoms with van der Waals surface area (Å²) in [6, 6.07) is 7.30. The highest BCUT2D eigenvalue weighted by molar-refractivity contribution is 7.10. The van der Waals surface area contributed by atoms with E-state index < -0.39 is 5.97 Å². The van der Waals surface area contributed by atoms with Gasteiger partial charge in [-0.05, 0) is 42.5 Å². The number of aromatic carboxylic acids is 1. The van der Waals surface area contributed by atoms with E-state index in [1.54, 1.807) is 29.5 Å². The molecule has 1 aliphatic rings. The van der Waals surface area contributed by atoms with Gasteiger partial charge in [-0.3, -0.25) is 0 Å². The molecule has 0 radical (unpaired) electrons. The van der Waals surface area contributed by atoms with Crippen LogP contribution in [0.3, 0.4) is 0 Å². The number of nitrogens with zero attached hydrogens (tertiary/aromatic N) is 1. The maximum Gasteiger partial charge on any atom is 0.337 e. The van der Waals surface area contributed by atoms with Gasteiger partial charge in [-0.25, -0.2) is 4.79 Å². The third kappa shape index (κ3) is 2.09. The Hall–Kier alpha value is -1.52. The van der Waals surface area contributed by atoms with Crippen molar-refractivity contribution in [3.05, 3.63) is 50.7 Å². The number of carboxylic acids is 1. The fourth-order valence-electron chi connectivity index (χ4n) is 2.79. The number of carboxylic acid groups (broad SMARTS) is 1. The first-order chi connectivity index (χ1) is 9.59. The predicted octanol–water partition coefficient (Wildman–Crippen LogP) is 4.22. The second kappa shape index (κ2) is 5.11. The van der Waals surface area contributed by atoms with Gasteiger partial charge in [0.05, 0.1) is 22.3 Å². The van der Waals surface area contributed by atoms with Gasteiger partial charge in [0.15, 0.2) is 0 Å². The van der Waals surface area contributed by atoms with Crippen LogP contribution in [-0.4, -0.2) is 17.6 Å². The average molecular weight is 308 g/mol. The summed E-state index contributed by atoms with van der Waals surface area (Å²) in [7, 11) is 0. The van der Waals surface area contributed by atoms with E-state index in [2.05, 4.69) is 23.3 Å². The number of thiophene rings is 1. The van der Waals surface area contributed by atoms with Gasteiger partial charge in [-0.1, -0.05) is 17.7 Å². The average Bonchev–Trinajstić information content (AvgIpc) is 2.89. The Balaban J connectivity index is 2.09. The Bertz CT molecular complexity index is 668. The van der Waals surface area contributed by atoms with Crippen LogP contribution in [0.2, 0.25) is 5.02 Å². The molecule has 1 atom stereocenters. The van der Waals surface area contributed by atoms with Crippen molar-refractivity contribution in [2.45, 2.75) is 19.4 Å². The molecule has 1 aliphatic heterocycles. The predicted molar refractivity (Wildman–Crippen MR) is 82.2 cm³/mol. The molecule has 0 aliphatic carbocycles. The van der Waals surface area contributed by atoms with Crippen molar-refractivity contribution in [1.82, 2.24) is 0 Å². The van der Waals surface area contributed by atoms with Crippen molar-refractivity contribution in [3.63, 3.8) is 0 Å². The molecule has 0 saturated heterocycles. The zero-order valence-electron chi connectivity index (χ0n) is 11.0. The van der Waals surface area contributed by atoms with Crippen LogP contribution < -0.4 is 4.90 Å². The Labute approximate surface area is 126 Å². The van der Waals surface area contributed by atoms with E-state index in [4.69, 9.17) is 11.6 Å². The van der Waals surface area contributed by atoms with Crippen LogP contribution in [0, 0.1) is 0 Å². The van der Waals surface area contributed by atoms with Crippen molar-refractivity contribution in [3.8, 4) is 0 Å². The lowest BCUT2D eigenvalue weighted by molar-refractivity contribution is 0.0697. The normalized spacial score (nSPS) is 17.9. The number of anilines is 1. The molecule has 20 heavy (non-hydrogen) atoms. The van der Waals surface area contributed by atoms with Gasteiger partial charge >= 0.3 is 5.97 Å². The molecular formula is C15H14ClNO2S. The van der Waals surface area contributed by atoms with Crippen LogP contribution in [-0.2, 0) is 6.42 Å². The van der Waals surface area contributed by atoms with Gasteiger partial charge in [-0.2, -0.15) is 0 Å². The third-order valence-corrected chi connectivity index (χ3v) is 5.08. The molecule has 2 heterocycles. The molecule has 0 bridgehead atoms. The van der Waals surface area contributed by atoms with E-state index in [9.17, 15) is 9.90 Å². The summed E-state index contributed by atoms with van der Waals surface area (Å²) in [4.78, 5) is 14.9. The van der Waals surface area contributed by atoms with E-state index in [1.165, 1.54) is 10.4 Å². The summed E-state index contributed by atoms with van der Waals surface area (Å²) >= 11 is 8.04. The molecule has 0 fully saturated rings. The van der Waals surface area contributed by atoms with Crippen LogP contribution >= 0.6 is 22.9 Å². The van der Waals surface area contributed by atoms with E-state index in [0.29, 0.717) is 10.7 Å². The molecule has 104 valence electrons. The molecule has 0 saturated carbocycles. The van der Waals surface area contributed by atoms with Crippen molar-refractivity contribution in [2.75, 3.05) is 11.4 Å². The number of rotatable bonds is 2. The first-order valence-electron chi connectivity index (χ1n) is 6.44. The summed E-state index contributed by atoms with van der Waals surface area (Å²) in [6.07, 6.45) is 0.932. The maximum atomic E-state index is 11.4. The third-order valence-electron chi connectivity index (χ3n) is 3.78. The lowest BCUT2D eigenvalue weighted by atomic mass is 9.99. The first-order valence-corrected chi connectivity index (χ1v) is 7.70. The second-order valence-corrected chi connectivity index (χ2v) is 6.27. The van der Waals surface area contributed by atoms with Gasteiger partial charge in [-0.15, -0.1) is 11.3 Å². The molecule has 1 aromatic carbocycles. The molecular weight excluding hydrogens is 294 g/mol. The first kappa shape index (κ1) is 13.5. The molecule has 3 nitrogen and oxygen atoms in total. The molecule has 3 rings (SSSR count). The smallest absolute Gasteiger partial charge is 0.337 e. The van der Waals surface area contributed by atoms with E-state index in [1.807, 2.05) is 0 Å². The van der Waals surface area contributed by atoms with Gasteiger partial charge in [0, 0.05) is 11.4 Å². The topological polar surface area (TPSA) is 40.5 Å². The molecule has 2 aromatic rings. The molecule has 0 spiro atoms. The fourth-order valence-corrected chi connectivity index (χ4v) is 4.04. The van der Waals surface area contributed by atoms with Crippen LogP contribution in [0.5, 0.6) is 0 Å². The second-order valence-electron chi connectivity index (χ2n) is 4.86. The monoisotopic (exact) mass is 307 g/mol. The van der Waals surface area contributed by atoms with E-state index >= 15 is 0 Å². The molecule has 1 unspecified atom stereocenters. The highest BCUT2D eigenvalue weighted by Crippen LogP contribution is 2.40. The summed E-state index contributed by atoms with van der Waals surface area (Å²) in [5.41, 5.74) is 2.17. The largest absolute Gasteiger partial charge is 0.478 e. The van der Waals surface area contributed by atoms with Gasteiger partial charge < -0.3 is 10.0 Å². The van der Waals surface area contributed by atoms with Crippen LogP contribution in [0.1, 0.15) is 33.8 Å². The van der Waals surface area contributed by atoms with Crippen molar-refractivity contribution >= 4 is 34.6 Å².